The zero-order valence-corrected chi connectivity index (χ0v) is 15.3. The molecule has 7 nitrogen and oxygen atoms in total. The smallest absolute Gasteiger partial charge is 0.261 e. The van der Waals surface area contributed by atoms with Crippen LogP contribution in [0.1, 0.15) is 46.4 Å². The Morgan fingerprint density at radius 2 is 1.81 bits per heavy atom. The molecule has 3 rings (SSSR count). The van der Waals surface area contributed by atoms with Crippen molar-refractivity contribution < 1.29 is 22.8 Å². The molecule has 1 fully saturated rings. The fraction of sp³-hybridized carbons (Fsp3) is 0.500. The molecule has 1 unspecified atom stereocenters. The standard InChI is InChI=1S/C18H22N2O5S/c21-16(19-9-3-4-13-8-11-26(24,25)12-13)7-10-20-17(22)14-5-1-2-6-15(14)18(20)23/h1-2,5-6,13H,3-4,7-12H2,(H,19,21). The summed E-state index contributed by atoms with van der Waals surface area (Å²) in [7, 11) is -2.86. The van der Waals surface area contributed by atoms with E-state index in [2.05, 4.69) is 5.32 Å². The molecule has 1 aromatic rings. The monoisotopic (exact) mass is 378 g/mol. The van der Waals surface area contributed by atoms with Gasteiger partial charge in [-0.3, -0.25) is 19.3 Å². The van der Waals surface area contributed by atoms with Gasteiger partial charge in [0.05, 0.1) is 22.6 Å². The lowest BCUT2D eigenvalue weighted by atomic mass is 10.0. The summed E-state index contributed by atoms with van der Waals surface area (Å²) in [4.78, 5) is 37.4. The largest absolute Gasteiger partial charge is 0.356 e. The van der Waals surface area contributed by atoms with Gasteiger partial charge in [0.1, 0.15) is 0 Å². The van der Waals surface area contributed by atoms with Crippen molar-refractivity contribution in [2.75, 3.05) is 24.6 Å². The summed E-state index contributed by atoms with van der Waals surface area (Å²) in [5.74, 6) is -0.233. The van der Waals surface area contributed by atoms with E-state index in [0.717, 1.165) is 17.7 Å². The molecule has 2 aliphatic heterocycles. The summed E-state index contributed by atoms with van der Waals surface area (Å²) < 4.78 is 22.8. The first kappa shape index (κ1) is 18.6. The third kappa shape index (κ3) is 4.12. The van der Waals surface area contributed by atoms with Crippen LogP contribution >= 0.6 is 0 Å². The minimum Gasteiger partial charge on any atom is -0.356 e. The molecule has 8 heteroatoms. The number of carbonyl (C=O) groups excluding carboxylic acids is 3. The van der Waals surface area contributed by atoms with Gasteiger partial charge in [-0.15, -0.1) is 0 Å². The molecule has 140 valence electrons. The molecule has 1 atom stereocenters. The van der Waals surface area contributed by atoms with Crippen molar-refractivity contribution >= 4 is 27.6 Å². The molecule has 0 bridgehead atoms. The Hall–Kier alpha value is -2.22. The Kier molecular flexibility index (Phi) is 5.41. The van der Waals surface area contributed by atoms with Crippen molar-refractivity contribution in [1.82, 2.24) is 10.2 Å². The molecule has 0 aliphatic carbocycles. The first-order chi connectivity index (χ1) is 12.4. The Labute approximate surface area is 152 Å². The summed E-state index contributed by atoms with van der Waals surface area (Å²) >= 11 is 0. The number of nitrogens with zero attached hydrogens (tertiary/aromatic N) is 1. The lowest BCUT2D eigenvalue weighted by molar-refractivity contribution is -0.121. The van der Waals surface area contributed by atoms with Gasteiger partial charge in [0, 0.05) is 19.5 Å². The van der Waals surface area contributed by atoms with Crippen LogP contribution in [0.25, 0.3) is 0 Å². The van der Waals surface area contributed by atoms with Crippen LogP contribution in [0, 0.1) is 5.92 Å². The molecule has 1 N–H and O–H groups in total. The highest BCUT2D eigenvalue weighted by atomic mass is 32.2. The summed E-state index contributed by atoms with van der Waals surface area (Å²) in [6.45, 7) is 0.524. The molecule has 2 aliphatic rings. The molecular formula is C18H22N2O5S. The fourth-order valence-electron chi connectivity index (χ4n) is 3.46. The maximum atomic E-state index is 12.2. The van der Waals surface area contributed by atoms with Crippen LogP contribution in [0.15, 0.2) is 24.3 Å². The Morgan fingerprint density at radius 3 is 2.38 bits per heavy atom. The molecule has 3 amide bonds. The van der Waals surface area contributed by atoms with E-state index in [9.17, 15) is 22.8 Å². The number of imide groups is 1. The number of sulfone groups is 1. The molecule has 1 aromatic carbocycles. The second-order valence-electron chi connectivity index (χ2n) is 6.82. The van der Waals surface area contributed by atoms with Gasteiger partial charge in [-0.1, -0.05) is 12.1 Å². The highest BCUT2D eigenvalue weighted by Crippen LogP contribution is 2.23. The summed E-state index contributed by atoms with van der Waals surface area (Å²) in [6, 6.07) is 6.63. The highest BCUT2D eigenvalue weighted by molar-refractivity contribution is 7.91. The average Bonchev–Trinajstić information content (AvgIpc) is 3.08. The van der Waals surface area contributed by atoms with E-state index in [4.69, 9.17) is 0 Å². The van der Waals surface area contributed by atoms with Crippen LogP contribution in [0.2, 0.25) is 0 Å². The minimum atomic E-state index is -2.86. The van der Waals surface area contributed by atoms with E-state index in [-0.39, 0.29) is 48.1 Å². The maximum absolute atomic E-state index is 12.2. The van der Waals surface area contributed by atoms with Gasteiger partial charge in [-0.2, -0.15) is 0 Å². The van der Waals surface area contributed by atoms with Crippen LogP contribution in [0.4, 0.5) is 0 Å². The predicted molar refractivity (Wildman–Crippen MR) is 95.4 cm³/mol. The van der Waals surface area contributed by atoms with Crippen LogP contribution in [0.5, 0.6) is 0 Å². The van der Waals surface area contributed by atoms with E-state index in [1.54, 1.807) is 24.3 Å². The topological polar surface area (TPSA) is 101 Å². The number of rotatable bonds is 7. The van der Waals surface area contributed by atoms with Crippen molar-refractivity contribution in [3.63, 3.8) is 0 Å². The number of nitrogens with one attached hydrogen (secondary N) is 1. The molecule has 0 spiro atoms. The summed E-state index contributed by atoms with van der Waals surface area (Å²) in [5.41, 5.74) is 0.758. The van der Waals surface area contributed by atoms with Gasteiger partial charge in [0.2, 0.25) is 5.91 Å². The molecule has 2 heterocycles. The third-order valence-corrected chi connectivity index (χ3v) is 6.72. The van der Waals surface area contributed by atoms with Gasteiger partial charge in [-0.25, -0.2) is 8.42 Å². The van der Waals surface area contributed by atoms with Crippen molar-refractivity contribution in [1.29, 1.82) is 0 Å². The van der Waals surface area contributed by atoms with Crippen LogP contribution in [0.3, 0.4) is 0 Å². The Bertz CT molecular complexity index is 799. The van der Waals surface area contributed by atoms with Gasteiger partial charge in [0.15, 0.2) is 9.84 Å². The fourth-order valence-corrected chi connectivity index (χ4v) is 5.37. The van der Waals surface area contributed by atoms with Crippen LogP contribution < -0.4 is 5.32 Å². The molecular weight excluding hydrogens is 356 g/mol. The van der Waals surface area contributed by atoms with Gasteiger partial charge in [0.25, 0.3) is 11.8 Å². The normalized spacial score (nSPS) is 21.1. The second-order valence-corrected chi connectivity index (χ2v) is 9.05. The highest BCUT2D eigenvalue weighted by Gasteiger charge is 2.35. The van der Waals surface area contributed by atoms with Gasteiger partial charge < -0.3 is 5.32 Å². The quantitative estimate of drug-likeness (QED) is 0.564. The van der Waals surface area contributed by atoms with Crippen molar-refractivity contribution in [2.45, 2.75) is 25.7 Å². The van der Waals surface area contributed by atoms with E-state index < -0.39 is 9.84 Å². The summed E-state index contributed by atoms with van der Waals surface area (Å²) in [5, 5.41) is 2.76. The zero-order chi connectivity index (χ0) is 18.7. The van der Waals surface area contributed by atoms with Crippen molar-refractivity contribution in [3.05, 3.63) is 35.4 Å². The van der Waals surface area contributed by atoms with E-state index >= 15 is 0 Å². The average molecular weight is 378 g/mol. The van der Waals surface area contributed by atoms with E-state index in [1.165, 1.54) is 0 Å². The third-order valence-electron chi connectivity index (χ3n) is 4.88. The Morgan fingerprint density at radius 1 is 1.15 bits per heavy atom. The zero-order valence-electron chi connectivity index (χ0n) is 14.4. The van der Waals surface area contributed by atoms with Crippen molar-refractivity contribution in [2.24, 2.45) is 5.92 Å². The number of hydrogen-bond donors (Lipinski definition) is 1. The maximum Gasteiger partial charge on any atom is 0.261 e. The molecule has 26 heavy (non-hydrogen) atoms. The summed E-state index contributed by atoms with van der Waals surface area (Å²) in [6.07, 6.45) is 2.26. The number of fused-ring (bicyclic) bond motifs is 1. The first-order valence-electron chi connectivity index (χ1n) is 8.80. The number of hydrogen-bond acceptors (Lipinski definition) is 5. The molecule has 1 saturated heterocycles. The number of amides is 3. The van der Waals surface area contributed by atoms with Gasteiger partial charge in [-0.05, 0) is 37.3 Å². The van der Waals surface area contributed by atoms with Crippen LogP contribution in [-0.4, -0.2) is 55.6 Å². The van der Waals surface area contributed by atoms with Crippen molar-refractivity contribution in [3.8, 4) is 0 Å². The predicted octanol–water partition coefficient (Wildman–Crippen LogP) is 1.00. The SMILES string of the molecule is O=C(CCN1C(=O)c2ccccc2C1=O)NCCCC1CCS(=O)(=O)C1. The second kappa shape index (κ2) is 7.57. The lowest BCUT2D eigenvalue weighted by Gasteiger charge is -2.13. The number of carbonyl (C=O) groups is 3. The van der Waals surface area contributed by atoms with E-state index in [0.29, 0.717) is 24.1 Å². The first-order valence-corrected chi connectivity index (χ1v) is 10.6. The Balaban J connectivity index is 1.37. The molecule has 0 aromatic heterocycles. The van der Waals surface area contributed by atoms with Gasteiger partial charge >= 0.3 is 0 Å². The minimum absolute atomic E-state index is 0.0546. The molecule has 0 radical (unpaired) electrons. The van der Waals surface area contributed by atoms with Crippen LogP contribution in [-0.2, 0) is 14.6 Å². The van der Waals surface area contributed by atoms with E-state index in [1.807, 2.05) is 0 Å². The lowest BCUT2D eigenvalue weighted by Crippen LogP contribution is -2.34. The molecule has 0 saturated carbocycles. The number of benzene rings is 1.